The van der Waals surface area contributed by atoms with Crippen molar-refractivity contribution in [3.63, 3.8) is 0 Å². The zero-order valence-corrected chi connectivity index (χ0v) is 11.6. The second-order valence-corrected chi connectivity index (χ2v) is 5.78. The van der Waals surface area contributed by atoms with E-state index < -0.39 is 16.6 Å². The van der Waals surface area contributed by atoms with Crippen LogP contribution in [0.2, 0.25) is 0 Å². The number of hydrogen-bond acceptors (Lipinski definition) is 4. The Morgan fingerprint density at radius 2 is 1.80 bits per heavy atom. The van der Waals surface area contributed by atoms with Crippen molar-refractivity contribution in [1.82, 2.24) is 0 Å². The van der Waals surface area contributed by atoms with Crippen molar-refractivity contribution in [3.05, 3.63) is 55.8 Å². The Morgan fingerprint density at radius 3 is 2.40 bits per heavy atom. The third-order valence-electron chi connectivity index (χ3n) is 4.22. The molecule has 4 heteroatoms. The molecule has 1 aliphatic heterocycles. The van der Waals surface area contributed by atoms with Gasteiger partial charge < -0.3 is 5.11 Å². The first-order chi connectivity index (χ1) is 9.35. The molecule has 0 aromatic heterocycles. The SMILES string of the molecule is CC(C1=Nc2ccccc2C1(C)C)c1c(O)c(=O)c1=O. The van der Waals surface area contributed by atoms with Gasteiger partial charge in [-0.05, 0) is 11.6 Å². The minimum absolute atomic E-state index is 0.189. The van der Waals surface area contributed by atoms with Crippen molar-refractivity contribution >= 4 is 11.4 Å². The molecule has 3 rings (SSSR count). The van der Waals surface area contributed by atoms with Gasteiger partial charge in [0, 0.05) is 17.0 Å². The summed E-state index contributed by atoms with van der Waals surface area (Å²) in [6.45, 7) is 5.88. The minimum Gasteiger partial charge on any atom is -0.504 e. The highest BCUT2D eigenvalue weighted by molar-refractivity contribution is 6.05. The van der Waals surface area contributed by atoms with Gasteiger partial charge >= 0.3 is 0 Å². The molecule has 102 valence electrons. The summed E-state index contributed by atoms with van der Waals surface area (Å²) in [6, 6.07) is 7.82. The Kier molecular flexibility index (Phi) is 2.48. The zero-order chi connectivity index (χ0) is 14.7. The molecule has 1 atom stereocenters. The highest BCUT2D eigenvalue weighted by atomic mass is 16.3. The summed E-state index contributed by atoms with van der Waals surface area (Å²) in [6.07, 6.45) is 0. The van der Waals surface area contributed by atoms with E-state index in [1.165, 1.54) is 0 Å². The number of rotatable bonds is 2. The fraction of sp³-hybridized carbons (Fsp3) is 0.312. The van der Waals surface area contributed by atoms with Crippen molar-refractivity contribution in [1.29, 1.82) is 0 Å². The van der Waals surface area contributed by atoms with E-state index in [2.05, 4.69) is 4.99 Å². The van der Waals surface area contributed by atoms with Crippen LogP contribution >= 0.6 is 0 Å². The van der Waals surface area contributed by atoms with Crippen molar-refractivity contribution in [2.24, 2.45) is 4.99 Å². The number of para-hydroxylation sites is 1. The molecule has 0 saturated heterocycles. The molecule has 0 radical (unpaired) electrons. The monoisotopic (exact) mass is 269 g/mol. The van der Waals surface area contributed by atoms with E-state index in [4.69, 9.17) is 0 Å². The van der Waals surface area contributed by atoms with Gasteiger partial charge in [0.05, 0.1) is 11.3 Å². The van der Waals surface area contributed by atoms with Gasteiger partial charge in [-0.15, -0.1) is 0 Å². The van der Waals surface area contributed by atoms with Crippen LogP contribution in [0.5, 0.6) is 5.75 Å². The second kappa shape index (κ2) is 3.88. The molecule has 1 N–H and O–H groups in total. The van der Waals surface area contributed by atoms with Crippen LogP contribution in [0.3, 0.4) is 0 Å². The topological polar surface area (TPSA) is 66.7 Å². The van der Waals surface area contributed by atoms with Crippen LogP contribution in [-0.2, 0) is 5.41 Å². The highest BCUT2D eigenvalue weighted by Crippen LogP contribution is 2.44. The van der Waals surface area contributed by atoms with E-state index in [1.54, 1.807) is 0 Å². The van der Waals surface area contributed by atoms with Crippen molar-refractivity contribution in [2.75, 3.05) is 0 Å². The highest BCUT2D eigenvalue weighted by Gasteiger charge is 2.40. The van der Waals surface area contributed by atoms with Gasteiger partial charge in [0.15, 0.2) is 5.75 Å². The average Bonchev–Trinajstić information content (AvgIpc) is 2.71. The third kappa shape index (κ3) is 1.45. The molecule has 20 heavy (non-hydrogen) atoms. The van der Waals surface area contributed by atoms with Crippen LogP contribution < -0.4 is 10.9 Å². The number of aromatic hydroxyl groups is 1. The standard InChI is InChI=1S/C16H15NO3/c1-8(11-12(18)14(20)13(11)19)15-16(2,3)9-6-4-5-7-10(9)17-15/h4-8,18H,1-3H3. The lowest BCUT2D eigenvalue weighted by atomic mass is 9.74. The summed E-state index contributed by atoms with van der Waals surface area (Å²) in [5.74, 6) is -0.764. The van der Waals surface area contributed by atoms with Gasteiger partial charge in [-0.3, -0.25) is 14.6 Å². The van der Waals surface area contributed by atoms with E-state index in [0.717, 1.165) is 17.0 Å². The van der Waals surface area contributed by atoms with Crippen molar-refractivity contribution in [2.45, 2.75) is 32.1 Å². The summed E-state index contributed by atoms with van der Waals surface area (Å²) in [4.78, 5) is 27.4. The molecule has 0 amide bonds. The van der Waals surface area contributed by atoms with Gasteiger partial charge in [0.2, 0.25) is 5.43 Å². The Morgan fingerprint density at radius 1 is 1.15 bits per heavy atom. The molecular weight excluding hydrogens is 254 g/mol. The normalized spacial score (nSPS) is 17.9. The number of fused-ring (bicyclic) bond motifs is 1. The van der Waals surface area contributed by atoms with Crippen molar-refractivity contribution in [3.8, 4) is 5.75 Å². The maximum Gasteiger partial charge on any atom is 0.268 e. The Hall–Kier alpha value is -2.23. The molecular formula is C16H15NO3. The number of hydrogen-bond donors (Lipinski definition) is 1. The largest absolute Gasteiger partial charge is 0.504 e. The van der Waals surface area contributed by atoms with E-state index >= 15 is 0 Å². The summed E-state index contributed by atoms with van der Waals surface area (Å²) in [7, 11) is 0. The Labute approximate surface area is 116 Å². The maximum absolute atomic E-state index is 11.6. The second-order valence-electron chi connectivity index (χ2n) is 5.78. The molecule has 0 aliphatic carbocycles. The molecule has 2 aromatic carbocycles. The molecule has 2 aromatic rings. The fourth-order valence-electron chi connectivity index (χ4n) is 3.08. The van der Waals surface area contributed by atoms with Crippen molar-refractivity contribution < 1.29 is 5.11 Å². The minimum atomic E-state index is -0.791. The Bertz CT molecular complexity index is 807. The smallest absolute Gasteiger partial charge is 0.268 e. The van der Waals surface area contributed by atoms with Crippen LogP contribution in [0.4, 0.5) is 5.69 Å². The molecule has 0 fully saturated rings. The average molecular weight is 269 g/mol. The number of benzene rings is 1. The molecule has 0 bridgehead atoms. The van der Waals surface area contributed by atoms with Gasteiger partial charge in [0.25, 0.3) is 5.43 Å². The Balaban J connectivity index is 2.10. The lowest BCUT2D eigenvalue weighted by Gasteiger charge is -2.27. The molecule has 1 heterocycles. The lowest BCUT2D eigenvalue weighted by molar-refractivity contribution is 0.452. The molecule has 1 unspecified atom stereocenters. The zero-order valence-electron chi connectivity index (χ0n) is 11.6. The molecule has 4 nitrogen and oxygen atoms in total. The van der Waals surface area contributed by atoms with Gasteiger partial charge in [-0.1, -0.05) is 39.0 Å². The first-order valence-electron chi connectivity index (χ1n) is 6.56. The number of nitrogens with zero attached hydrogens (tertiary/aromatic N) is 1. The lowest BCUT2D eigenvalue weighted by Crippen LogP contribution is -2.40. The van der Waals surface area contributed by atoms with Crippen LogP contribution in [-0.4, -0.2) is 10.8 Å². The van der Waals surface area contributed by atoms with Gasteiger partial charge in [-0.25, -0.2) is 0 Å². The van der Waals surface area contributed by atoms with E-state index in [9.17, 15) is 14.7 Å². The summed E-state index contributed by atoms with van der Waals surface area (Å²) in [5.41, 5.74) is 1.28. The van der Waals surface area contributed by atoms with Gasteiger partial charge in [-0.2, -0.15) is 0 Å². The summed E-state index contributed by atoms with van der Waals surface area (Å²) < 4.78 is 0. The first-order valence-corrected chi connectivity index (χ1v) is 6.56. The fourth-order valence-corrected chi connectivity index (χ4v) is 3.08. The van der Waals surface area contributed by atoms with Crippen LogP contribution in [0.1, 0.15) is 37.8 Å². The predicted molar refractivity (Wildman–Crippen MR) is 78.0 cm³/mol. The van der Waals surface area contributed by atoms with E-state index in [-0.39, 0.29) is 16.9 Å². The van der Waals surface area contributed by atoms with Crippen LogP contribution in [0.25, 0.3) is 0 Å². The van der Waals surface area contributed by atoms with E-state index in [0.29, 0.717) is 0 Å². The quantitative estimate of drug-likeness (QED) is 0.849. The van der Waals surface area contributed by atoms with E-state index in [1.807, 2.05) is 45.0 Å². The summed E-state index contributed by atoms with van der Waals surface area (Å²) >= 11 is 0. The number of aliphatic imine (C=N–C) groups is 1. The first kappa shape index (κ1) is 12.8. The molecule has 0 saturated carbocycles. The van der Waals surface area contributed by atoms with Gasteiger partial charge in [0.1, 0.15) is 0 Å². The third-order valence-corrected chi connectivity index (χ3v) is 4.22. The maximum atomic E-state index is 11.6. The van der Waals surface area contributed by atoms with Crippen LogP contribution in [0.15, 0.2) is 38.8 Å². The summed E-state index contributed by atoms with van der Waals surface area (Å²) in [5, 5.41) is 9.62. The predicted octanol–water partition coefficient (Wildman–Crippen LogP) is 2.16. The van der Waals surface area contributed by atoms with Crippen LogP contribution in [0, 0.1) is 0 Å². The molecule has 1 aliphatic rings. The molecule has 0 spiro atoms.